The summed E-state index contributed by atoms with van der Waals surface area (Å²) in [5.41, 5.74) is 8.05. The van der Waals surface area contributed by atoms with E-state index in [0.717, 1.165) is 16.3 Å². The summed E-state index contributed by atoms with van der Waals surface area (Å²) in [6.45, 7) is 3.41. The van der Waals surface area contributed by atoms with Gasteiger partial charge in [-0.2, -0.15) is 0 Å². The van der Waals surface area contributed by atoms with Crippen LogP contribution in [0.25, 0.3) is 0 Å². The van der Waals surface area contributed by atoms with Crippen LogP contribution < -0.4 is 11.1 Å². The van der Waals surface area contributed by atoms with Crippen molar-refractivity contribution in [3.8, 4) is 0 Å². The highest BCUT2D eigenvalue weighted by atomic mass is 32.2. The molecule has 9 heteroatoms. The molecule has 1 atom stereocenters. The van der Waals surface area contributed by atoms with Gasteiger partial charge in [0.05, 0.1) is 16.8 Å². The van der Waals surface area contributed by atoms with Crippen LogP contribution in [0, 0.1) is 5.92 Å². The van der Waals surface area contributed by atoms with Gasteiger partial charge in [0.2, 0.25) is 0 Å². The van der Waals surface area contributed by atoms with Crippen molar-refractivity contribution < 1.29 is 19.1 Å². The Labute approximate surface area is 159 Å². The molecule has 7 nitrogen and oxygen atoms in total. The number of primary amides is 1. The summed E-state index contributed by atoms with van der Waals surface area (Å²) < 4.78 is 5.25. The molecule has 0 saturated carbocycles. The molecule has 26 heavy (non-hydrogen) atoms. The number of carbonyl (C=O) groups excluding carboxylic acids is 3. The Balaban J connectivity index is 1.97. The van der Waals surface area contributed by atoms with E-state index in [0.29, 0.717) is 5.56 Å². The summed E-state index contributed by atoms with van der Waals surface area (Å²) in [5, 5.41) is 3.92. The summed E-state index contributed by atoms with van der Waals surface area (Å²) in [6.07, 6.45) is -1.10. The molecule has 0 fully saturated rings. The number of hydrogen-bond donors (Lipinski definition) is 2. The molecule has 1 unspecified atom stereocenters. The predicted octanol–water partition coefficient (Wildman–Crippen LogP) is 2.81. The summed E-state index contributed by atoms with van der Waals surface area (Å²) in [5.74, 6) is -0.947. The number of nitrogens with zero attached hydrogens (tertiary/aromatic N) is 1. The first-order valence-electron chi connectivity index (χ1n) is 7.78. The Morgan fingerprint density at radius 1 is 1.27 bits per heavy atom. The van der Waals surface area contributed by atoms with Gasteiger partial charge in [0.25, 0.3) is 5.91 Å². The second kappa shape index (κ2) is 9.35. The van der Waals surface area contributed by atoms with Crippen LogP contribution in [-0.4, -0.2) is 29.0 Å². The van der Waals surface area contributed by atoms with Gasteiger partial charge < -0.3 is 10.5 Å². The Kier molecular flexibility index (Phi) is 7.16. The number of rotatable bonds is 7. The highest BCUT2D eigenvalue weighted by Gasteiger charge is 2.27. The molecule has 1 heterocycles. The molecule has 0 bridgehead atoms. The lowest BCUT2D eigenvalue weighted by molar-refractivity contribution is -0.130. The minimum atomic E-state index is -1.10. The van der Waals surface area contributed by atoms with Crippen LogP contribution in [0.1, 0.15) is 29.9 Å². The fourth-order valence-corrected chi connectivity index (χ4v) is 3.49. The van der Waals surface area contributed by atoms with Gasteiger partial charge in [-0.05, 0) is 30.2 Å². The van der Waals surface area contributed by atoms with Crippen LogP contribution in [0.5, 0.6) is 0 Å². The van der Waals surface area contributed by atoms with Crippen LogP contribution in [-0.2, 0) is 15.3 Å². The maximum Gasteiger partial charge on any atom is 0.338 e. The van der Waals surface area contributed by atoms with E-state index in [9.17, 15) is 14.4 Å². The first kappa shape index (κ1) is 19.9. The van der Waals surface area contributed by atoms with E-state index in [-0.39, 0.29) is 5.92 Å². The summed E-state index contributed by atoms with van der Waals surface area (Å²) in [4.78, 5) is 40.2. The van der Waals surface area contributed by atoms with E-state index >= 15 is 0 Å². The van der Waals surface area contributed by atoms with Gasteiger partial charge in [-0.15, -0.1) is 23.1 Å². The van der Waals surface area contributed by atoms with Gasteiger partial charge in [0.1, 0.15) is 0 Å². The second-order valence-corrected chi connectivity index (χ2v) is 7.48. The zero-order valence-corrected chi connectivity index (χ0v) is 15.9. The molecule has 1 aromatic heterocycles. The fraction of sp³-hybridized carbons (Fsp3) is 0.294. The van der Waals surface area contributed by atoms with Crippen LogP contribution in [0.3, 0.4) is 0 Å². The molecule has 2 rings (SSSR count). The number of ether oxygens (including phenoxy) is 1. The number of carbonyl (C=O) groups is 3. The van der Waals surface area contributed by atoms with Gasteiger partial charge >= 0.3 is 12.0 Å². The number of imide groups is 1. The van der Waals surface area contributed by atoms with Crippen molar-refractivity contribution in [2.75, 3.05) is 0 Å². The summed E-state index contributed by atoms with van der Waals surface area (Å²) in [6, 6.07) is 5.89. The SMILES string of the molecule is CC(C)C(OC(=O)c1ccc(SCc2cscn2)cc1)C(=O)NC(N)=O. The Bertz CT molecular complexity index is 761. The number of esters is 1. The quantitative estimate of drug-likeness (QED) is 0.553. The maximum atomic E-state index is 12.3. The summed E-state index contributed by atoms with van der Waals surface area (Å²) >= 11 is 3.15. The van der Waals surface area contributed by atoms with E-state index in [1.165, 1.54) is 0 Å². The first-order valence-corrected chi connectivity index (χ1v) is 9.71. The van der Waals surface area contributed by atoms with E-state index in [1.807, 2.05) is 22.8 Å². The van der Waals surface area contributed by atoms with Gasteiger partial charge in [0, 0.05) is 16.0 Å². The third-order valence-corrected chi connectivity index (χ3v) is 4.99. The summed E-state index contributed by atoms with van der Waals surface area (Å²) in [7, 11) is 0. The number of thiazole rings is 1. The van der Waals surface area contributed by atoms with Gasteiger partial charge in [-0.3, -0.25) is 10.1 Å². The van der Waals surface area contributed by atoms with E-state index in [2.05, 4.69) is 4.98 Å². The molecule has 3 amide bonds. The third-order valence-electron chi connectivity index (χ3n) is 3.30. The minimum absolute atomic E-state index is 0.314. The van der Waals surface area contributed by atoms with Crippen LogP contribution in [0.4, 0.5) is 4.79 Å². The Hall–Kier alpha value is -2.39. The van der Waals surface area contributed by atoms with E-state index in [1.54, 1.807) is 54.6 Å². The predicted molar refractivity (Wildman–Crippen MR) is 99.9 cm³/mol. The van der Waals surface area contributed by atoms with Gasteiger partial charge in [0.15, 0.2) is 6.10 Å². The molecule has 0 radical (unpaired) electrons. The number of urea groups is 1. The Morgan fingerprint density at radius 3 is 2.50 bits per heavy atom. The molecule has 3 N–H and O–H groups in total. The van der Waals surface area contributed by atoms with Crippen molar-refractivity contribution in [1.82, 2.24) is 10.3 Å². The number of nitrogens with two attached hydrogens (primary N) is 1. The molecule has 2 aromatic rings. The molecule has 0 aliphatic heterocycles. The molecule has 0 spiro atoms. The number of benzene rings is 1. The van der Waals surface area contributed by atoms with Crippen LogP contribution in [0.2, 0.25) is 0 Å². The van der Waals surface area contributed by atoms with Crippen molar-refractivity contribution in [1.29, 1.82) is 0 Å². The van der Waals surface area contributed by atoms with Gasteiger partial charge in [-0.1, -0.05) is 13.8 Å². The Morgan fingerprint density at radius 2 is 1.96 bits per heavy atom. The zero-order valence-electron chi connectivity index (χ0n) is 14.3. The van der Waals surface area contributed by atoms with E-state index in [4.69, 9.17) is 10.5 Å². The van der Waals surface area contributed by atoms with Crippen molar-refractivity contribution in [2.24, 2.45) is 11.7 Å². The number of amides is 3. The number of hydrogen-bond acceptors (Lipinski definition) is 7. The molecule has 138 valence electrons. The molecular weight excluding hydrogens is 374 g/mol. The number of nitrogens with one attached hydrogen (secondary N) is 1. The standard InChI is InChI=1S/C17H19N3O4S2/c1-10(2)14(15(21)20-17(18)23)24-16(22)11-3-5-13(6-4-11)26-8-12-7-25-9-19-12/h3-7,9-10,14H,8H2,1-2H3,(H3,18,20,21,23). The topological polar surface area (TPSA) is 111 Å². The van der Waals surface area contributed by atoms with Crippen LogP contribution >= 0.6 is 23.1 Å². The zero-order chi connectivity index (χ0) is 19.1. The van der Waals surface area contributed by atoms with Crippen molar-refractivity contribution in [3.63, 3.8) is 0 Å². The number of aromatic nitrogens is 1. The fourth-order valence-electron chi connectivity index (χ4n) is 2.02. The smallest absolute Gasteiger partial charge is 0.338 e. The first-order chi connectivity index (χ1) is 12.4. The molecule has 1 aromatic carbocycles. The van der Waals surface area contributed by atoms with Gasteiger partial charge in [-0.25, -0.2) is 14.6 Å². The lowest BCUT2D eigenvalue weighted by atomic mass is 10.1. The lowest BCUT2D eigenvalue weighted by Gasteiger charge is -2.19. The molecular formula is C17H19N3O4S2. The number of thioether (sulfide) groups is 1. The second-order valence-electron chi connectivity index (χ2n) is 5.72. The van der Waals surface area contributed by atoms with E-state index < -0.39 is 24.0 Å². The maximum absolute atomic E-state index is 12.3. The highest BCUT2D eigenvalue weighted by Crippen LogP contribution is 2.23. The lowest BCUT2D eigenvalue weighted by Crippen LogP contribution is -2.45. The van der Waals surface area contributed by atoms with Crippen molar-refractivity contribution in [3.05, 3.63) is 46.4 Å². The van der Waals surface area contributed by atoms with Crippen molar-refractivity contribution in [2.45, 2.75) is 30.6 Å². The van der Waals surface area contributed by atoms with Crippen LogP contribution in [0.15, 0.2) is 40.1 Å². The van der Waals surface area contributed by atoms with Crippen molar-refractivity contribution >= 4 is 41.0 Å². The highest BCUT2D eigenvalue weighted by molar-refractivity contribution is 7.98. The third kappa shape index (κ3) is 5.85. The monoisotopic (exact) mass is 393 g/mol. The normalized spacial score (nSPS) is 11.8. The minimum Gasteiger partial charge on any atom is -0.448 e. The average molecular weight is 393 g/mol. The molecule has 0 saturated heterocycles. The largest absolute Gasteiger partial charge is 0.448 e. The average Bonchev–Trinajstić information content (AvgIpc) is 3.10. The molecule has 0 aliphatic rings. The molecule has 0 aliphatic carbocycles.